The van der Waals surface area contributed by atoms with Crippen LogP contribution in [0, 0.1) is 0 Å². The molecule has 2 heterocycles. The number of nitrogens with one attached hydrogen (secondary N) is 1. The zero-order valence-corrected chi connectivity index (χ0v) is 15.2. The molecule has 0 bridgehead atoms. The van der Waals surface area contributed by atoms with Gasteiger partial charge in [-0.25, -0.2) is 13.4 Å². The number of thiazole rings is 1. The topological polar surface area (TPSA) is 74.7 Å². The van der Waals surface area contributed by atoms with E-state index in [2.05, 4.69) is 22.2 Å². The fraction of sp³-hybridized carbons (Fsp3) is 0.714. The first-order chi connectivity index (χ1) is 10.3. The van der Waals surface area contributed by atoms with Gasteiger partial charge in [0, 0.05) is 25.5 Å². The van der Waals surface area contributed by atoms with Crippen molar-refractivity contribution in [3.8, 4) is 0 Å². The zero-order valence-electron chi connectivity index (χ0n) is 13.6. The van der Waals surface area contributed by atoms with Crippen LogP contribution < -0.4 is 5.32 Å². The fourth-order valence-corrected chi connectivity index (χ4v) is 4.53. The van der Waals surface area contributed by atoms with E-state index >= 15 is 0 Å². The third-order valence-electron chi connectivity index (χ3n) is 3.88. The van der Waals surface area contributed by atoms with Crippen LogP contribution in [-0.4, -0.2) is 54.9 Å². The fourth-order valence-electron chi connectivity index (χ4n) is 2.42. The van der Waals surface area contributed by atoms with Crippen molar-refractivity contribution in [2.24, 2.45) is 4.99 Å². The van der Waals surface area contributed by atoms with Crippen LogP contribution >= 0.6 is 11.3 Å². The molecule has 6 nitrogen and oxygen atoms in total. The first-order valence-electron chi connectivity index (χ1n) is 7.40. The van der Waals surface area contributed by atoms with Crippen molar-refractivity contribution in [2.45, 2.75) is 38.5 Å². The first kappa shape index (κ1) is 17.2. The van der Waals surface area contributed by atoms with Crippen LogP contribution in [0.2, 0.25) is 0 Å². The van der Waals surface area contributed by atoms with Gasteiger partial charge in [-0.05, 0) is 20.3 Å². The summed E-state index contributed by atoms with van der Waals surface area (Å²) >= 11 is 1.66. The number of nitrogens with zero attached hydrogens (tertiary/aromatic N) is 3. The number of guanidine groups is 1. The highest BCUT2D eigenvalue weighted by molar-refractivity contribution is 7.92. The summed E-state index contributed by atoms with van der Waals surface area (Å²) in [6, 6.07) is 0. The Morgan fingerprint density at radius 3 is 2.82 bits per heavy atom. The van der Waals surface area contributed by atoms with E-state index in [1.807, 2.05) is 10.3 Å². The van der Waals surface area contributed by atoms with Gasteiger partial charge in [-0.2, -0.15) is 0 Å². The lowest BCUT2D eigenvalue weighted by Gasteiger charge is -2.39. The second-order valence-corrected chi connectivity index (χ2v) is 9.67. The van der Waals surface area contributed by atoms with E-state index in [9.17, 15) is 8.42 Å². The molecule has 1 aromatic heterocycles. The maximum Gasteiger partial charge on any atom is 0.194 e. The van der Waals surface area contributed by atoms with Crippen LogP contribution in [0.4, 0.5) is 0 Å². The van der Waals surface area contributed by atoms with Gasteiger partial charge in [-0.3, -0.25) is 4.99 Å². The lowest BCUT2D eigenvalue weighted by atomic mass is 10.2. The van der Waals surface area contributed by atoms with E-state index in [1.165, 1.54) is 0 Å². The minimum Gasteiger partial charge on any atom is -0.351 e. The van der Waals surface area contributed by atoms with Crippen molar-refractivity contribution in [2.75, 3.05) is 25.9 Å². The van der Waals surface area contributed by atoms with E-state index < -0.39 is 14.6 Å². The summed E-state index contributed by atoms with van der Waals surface area (Å²) in [5.41, 5.74) is 0.992. The molecule has 1 fully saturated rings. The molecule has 0 aliphatic carbocycles. The molecule has 1 aromatic rings. The lowest BCUT2D eigenvalue weighted by Crippen LogP contribution is -2.57. The van der Waals surface area contributed by atoms with Crippen LogP contribution in [0.25, 0.3) is 0 Å². The summed E-state index contributed by atoms with van der Waals surface area (Å²) in [6.07, 6.45) is 0.942. The molecule has 1 aliphatic heterocycles. The first-order valence-corrected chi connectivity index (χ1v) is 9.93. The molecule has 1 N–H and O–H groups in total. The molecule has 0 amide bonds. The normalized spacial score (nSPS) is 20.9. The Balaban J connectivity index is 2.01. The lowest BCUT2D eigenvalue weighted by molar-refractivity contribution is 0.353. The number of aryl methyl sites for hydroxylation is 1. The monoisotopic (exact) mass is 344 g/mol. The molecule has 0 atom stereocenters. The molecule has 0 unspecified atom stereocenters. The second kappa shape index (κ2) is 6.54. The summed E-state index contributed by atoms with van der Waals surface area (Å²) in [6.45, 7) is 7.17. The Bertz CT molecular complexity index is 650. The van der Waals surface area contributed by atoms with Crippen LogP contribution in [-0.2, 0) is 22.8 Å². The third-order valence-corrected chi connectivity index (χ3v) is 7.46. The van der Waals surface area contributed by atoms with Crippen LogP contribution in [0.15, 0.2) is 10.4 Å². The van der Waals surface area contributed by atoms with Gasteiger partial charge in [-0.1, -0.05) is 6.92 Å². The SMILES string of the molecule is CCc1nc(CNC(=NC)N2CCS(=O)(=O)C(C)(C)C2)cs1. The molecule has 0 radical (unpaired) electrons. The standard InChI is InChI=1S/C14H24N4O2S2/c1-5-12-17-11(9-21-12)8-16-13(15-4)18-6-7-22(19,20)14(2,3)10-18/h9H,5-8,10H2,1-4H3,(H,15,16). The molecule has 1 aliphatic rings. The molecule has 0 spiro atoms. The Hall–Kier alpha value is -1.15. The number of aromatic nitrogens is 1. The smallest absolute Gasteiger partial charge is 0.194 e. The molecule has 124 valence electrons. The largest absolute Gasteiger partial charge is 0.351 e. The second-order valence-electron chi connectivity index (χ2n) is 5.99. The summed E-state index contributed by atoms with van der Waals surface area (Å²) in [4.78, 5) is 10.8. The number of sulfone groups is 1. The summed E-state index contributed by atoms with van der Waals surface area (Å²) in [5.74, 6) is 0.895. The number of aliphatic imine (C=N–C) groups is 1. The molecule has 1 saturated heterocycles. The minimum absolute atomic E-state index is 0.164. The third kappa shape index (κ3) is 3.60. The van der Waals surface area contributed by atoms with E-state index in [4.69, 9.17) is 0 Å². The van der Waals surface area contributed by atoms with Gasteiger partial charge in [-0.15, -0.1) is 11.3 Å². The predicted octanol–water partition coefficient (Wildman–Crippen LogP) is 1.29. The van der Waals surface area contributed by atoms with Crippen LogP contribution in [0.5, 0.6) is 0 Å². The molecule has 2 rings (SSSR count). The van der Waals surface area contributed by atoms with Crippen LogP contribution in [0.1, 0.15) is 31.5 Å². The van der Waals surface area contributed by atoms with Gasteiger partial charge >= 0.3 is 0 Å². The summed E-state index contributed by atoms with van der Waals surface area (Å²) < 4.78 is 23.4. The maximum absolute atomic E-state index is 12.1. The Kier molecular flexibility index (Phi) is 5.11. The average Bonchev–Trinajstić information content (AvgIpc) is 2.91. The molecule has 22 heavy (non-hydrogen) atoms. The highest BCUT2D eigenvalue weighted by Crippen LogP contribution is 2.23. The van der Waals surface area contributed by atoms with Crippen LogP contribution in [0.3, 0.4) is 0 Å². The highest BCUT2D eigenvalue weighted by Gasteiger charge is 2.40. The molecule has 8 heteroatoms. The quantitative estimate of drug-likeness (QED) is 0.661. The van der Waals surface area contributed by atoms with Gasteiger partial charge in [0.25, 0.3) is 0 Å². The number of rotatable bonds is 3. The number of hydrogen-bond donors (Lipinski definition) is 1. The van der Waals surface area contributed by atoms with Gasteiger partial charge < -0.3 is 10.2 Å². The molecule has 0 saturated carbocycles. The number of hydrogen-bond acceptors (Lipinski definition) is 5. The van der Waals surface area contributed by atoms with Crippen molar-refractivity contribution >= 4 is 27.1 Å². The average molecular weight is 345 g/mol. The Labute approximate surface area is 136 Å². The van der Waals surface area contributed by atoms with Gasteiger partial charge in [0.15, 0.2) is 15.8 Å². The van der Waals surface area contributed by atoms with E-state index in [0.717, 1.165) is 23.1 Å². The minimum atomic E-state index is -3.04. The molecular formula is C14H24N4O2S2. The van der Waals surface area contributed by atoms with E-state index in [-0.39, 0.29) is 5.75 Å². The van der Waals surface area contributed by atoms with Crippen molar-refractivity contribution < 1.29 is 8.42 Å². The van der Waals surface area contributed by atoms with Crippen molar-refractivity contribution in [3.63, 3.8) is 0 Å². The van der Waals surface area contributed by atoms with Gasteiger partial charge in [0.05, 0.1) is 27.7 Å². The van der Waals surface area contributed by atoms with E-state index in [0.29, 0.717) is 19.6 Å². The van der Waals surface area contributed by atoms with Crippen molar-refractivity contribution in [1.29, 1.82) is 0 Å². The van der Waals surface area contributed by atoms with E-state index in [1.54, 1.807) is 32.2 Å². The Morgan fingerprint density at radius 2 is 2.27 bits per heavy atom. The van der Waals surface area contributed by atoms with Crippen molar-refractivity contribution in [3.05, 3.63) is 16.1 Å². The predicted molar refractivity (Wildman–Crippen MR) is 91.1 cm³/mol. The molecular weight excluding hydrogens is 320 g/mol. The van der Waals surface area contributed by atoms with Gasteiger partial charge in [0.2, 0.25) is 0 Å². The maximum atomic E-state index is 12.1. The highest BCUT2D eigenvalue weighted by atomic mass is 32.2. The molecule has 0 aromatic carbocycles. The summed E-state index contributed by atoms with van der Waals surface area (Å²) in [5, 5.41) is 6.45. The van der Waals surface area contributed by atoms with Crippen molar-refractivity contribution in [1.82, 2.24) is 15.2 Å². The zero-order chi connectivity index (χ0) is 16.4. The summed E-state index contributed by atoms with van der Waals surface area (Å²) in [7, 11) is -1.32. The van der Waals surface area contributed by atoms with Gasteiger partial charge in [0.1, 0.15) is 0 Å². The Morgan fingerprint density at radius 1 is 1.55 bits per heavy atom.